The maximum atomic E-state index is 5.53. The highest BCUT2D eigenvalue weighted by Gasteiger charge is 2.26. The molecule has 0 radical (unpaired) electrons. The van der Waals surface area contributed by atoms with Crippen molar-refractivity contribution in [2.45, 2.75) is 19.4 Å². The van der Waals surface area contributed by atoms with E-state index in [0.717, 1.165) is 37.1 Å². The monoisotopic (exact) mass is 290 g/mol. The first-order chi connectivity index (χ1) is 10.3. The van der Waals surface area contributed by atoms with Crippen LogP contribution in [0.4, 0.5) is 0 Å². The molecule has 0 spiro atoms. The number of nitrogens with zero attached hydrogens (tertiary/aromatic N) is 2. The summed E-state index contributed by atoms with van der Waals surface area (Å²) in [5, 5.41) is 0. The SMILES string of the molecule is COc1cccc(CN2CCN(CC3CC3)CC2)c1OC. The minimum atomic E-state index is 0.822. The topological polar surface area (TPSA) is 24.9 Å². The molecule has 0 bridgehead atoms. The first-order valence-corrected chi connectivity index (χ1v) is 7.94. The molecule has 3 rings (SSSR count). The molecule has 116 valence electrons. The zero-order valence-electron chi connectivity index (χ0n) is 13.2. The molecular weight excluding hydrogens is 264 g/mol. The van der Waals surface area contributed by atoms with Gasteiger partial charge in [0.05, 0.1) is 14.2 Å². The molecule has 0 aromatic heterocycles. The van der Waals surface area contributed by atoms with Crippen LogP contribution >= 0.6 is 0 Å². The second-order valence-electron chi connectivity index (χ2n) is 6.17. The fraction of sp³-hybridized carbons (Fsp3) is 0.647. The van der Waals surface area contributed by atoms with Crippen molar-refractivity contribution in [2.24, 2.45) is 5.92 Å². The minimum Gasteiger partial charge on any atom is -0.493 e. The first kappa shape index (κ1) is 14.7. The fourth-order valence-corrected chi connectivity index (χ4v) is 3.11. The van der Waals surface area contributed by atoms with E-state index in [1.54, 1.807) is 14.2 Å². The number of ether oxygens (including phenoxy) is 2. The van der Waals surface area contributed by atoms with E-state index in [9.17, 15) is 0 Å². The number of hydrogen-bond donors (Lipinski definition) is 0. The summed E-state index contributed by atoms with van der Waals surface area (Å²) >= 11 is 0. The quantitative estimate of drug-likeness (QED) is 0.802. The van der Waals surface area contributed by atoms with Gasteiger partial charge in [-0.05, 0) is 24.8 Å². The van der Waals surface area contributed by atoms with Gasteiger partial charge in [-0.2, -0.15) is 0 Å². The molecule has 1 saturated heterocycles. The largest absolute Gasteiger partial charge is 0.493 e. The van der Waals surface area contributed by atoms with Gasteiger partial charge in [-0.1, -0.05) is 12.1 Å². The Morgan fingerprint density at radius 2 is 1.71 bits per heavy atom. The Morgan fingerprint density at radius 1 is 1.00 bits per heavy atom. The maximum Gasteiger partial charge on any atom is 0.165 e. The van der Waals surface area contributed by atoms with E-state index in [1.165, 1.54) is 38.0 Å². The Labute approximate surface area is 127 Å². The lowest BCUT2D eigenvalue weighted by molar-refractivity contribution is 0.122. The third-order valence-corrected chi connectivity index (χ3v) is 4.56. The lowest BCUT2D eigenvalue weighted by atomic mass is 10.1. The molecule has 2 aliphatic rings. The van der Waals surface area contributed by atoms with Crippen LogP contribution < -0.4 is 9.47 Å². The van der Waals surface area contributed by atoms with Crippen molar-refractivity contribution in [3.63, 3.8) is 0 Å². The van der Waals surface area contributed by atoms with Crippen molar-refractivity contribution in [3.05, 3.63) is 23.8 Å². The maximum absolute atomic E-state index is 5.53. The Balaban J connectivity index is 1.57. The molecule has 4 nitrogen and oxygen atoms in total. The summed E-state index contributed by atoms with van der Waals surface area (Å²) in [5.74, 6) is 2.69. The standard InChI is InChI=1S/C17H26N2O2/c1-20-16-5-3-4-15(17(16)21-2)13-19-10-8-18(9-11-19)12-14-6-7-14/h3-5,14H,6-13H2,1-2H3. The smallest absolute Gasteiger partial charge is 0.165 e. The zero-order chi connectivity index (χ0) is 14.7. The normalized spacial score (nSPS) is 20.5. The van der Waals surface area contributed by atoms with E-state index in [0.29, 0.717) is 0 Å². The van der Waals surface area contributed by atoms with Crippen LogP contribution in [0.2, 0.25) is 0 Å². The van der Waals surface area contributed by atoms with Gasteiger partial charge in [-0.3, -0.25) is 4.90 Å². The summed E-state index contributed by atoms with van der Waals surface area (Å²) in [4.78, 5) is 5.14. The van der Waals surface area contributed by atoms with E-state index < -0.39 is 0 Å². The van der Waals surface area contributed by atoms with Crippen LogP contribution in [0.1, 0.15) is 18.4 Å². The summed E-state index contributed by atoms with van der Waals surface area (Å²) in [6, 6.07) is 6.13. The van der Waals surface area contributed by atoms with Crippen molar-refractivity contribution < 1.29 is 9.47 Å². The van der Waals surface area contributed by atoms with E-state index in [4.69, 9.17) is 9.47 Å². The summed E-state index contributed by atoms with van der Waals surface area (Å²) in [7, 11) is 3.41. The zero-order valence-corrected chi connectivity index (χ0v) is 13.2. The van der Waals surface area contributed by atoms with E-state index in [1.807, 2.05) is 12.1 Å². The van der Waals surface area contributed by atoms with Crippen molar-refractivity contribution in [1.82, 2.24) is 9.80 Å². The molecule has 0 atom stereocenters. The molecule has 4 heteroatoms. The van der Waals surface area contributed by atoms with Gasteiger partial charge in [0.15, 0.2) is 11.5 Å². The molecule has 1 aliphatic heterocycles. The number of benzene rings is 1. The van der Waals surface area contributed by atoms with Gasteiger partial charge in [0.25, 0.3) is 0 Å². The lowest BCUT2D eigenvalue weighted by Crippen LogP contribution is -2.46. The molecule has 1 saturated carbocycles. The number of hydrogen-bond acceptors (Lipinski definition) is 4. The molecular formula is C17H26N2O2. The third kappa shape index (κ3) is 3.69. The molecule has 0 unspecified atom stereocenters. The summed E-state index contributed by atoms with van der Waals surface area (Å²) in [6.45, 7) is 6.94. The predicted molar refractivity (Wildman–Crippen MR) is 84.0 cm³/mol. The number of methoxy groups -OCH3 is 2. The summed E-state index contributed by atoms with van der Waals surface area (Å²) < 4.78 is 10.9. The van der Waals surface area contributed by atoms with Crippen LogP contribution in [-0.2, 0) is 6.54 Å². The predicted octanol–water partition coefficient (Wildman–Crippen LogP) is 2.23. The van der Waals surface area contributed by atoms with Crippen LogP contribution in [0.3, 0.4) is 0 Å². The average molecular weight is 290 g/mol. The van der Waals surface area contributed by atoms with Gasteiger partial charge in [0.1, 0.15) is 0 Å². The van der Waals surface area contributed by atoms with Gasteiger partial charge in [-0.15, -0.1) is 0 Å². The van der Waals surface area contributed by atoms with Crippen LogP contribution in [0.25, 0.3) is 0 Å². The van der Waals surface area contributed by atoms with E-state index >= 15 is 0 Å². The van der Waals surface area contributed by atoms with Crippen LogP contribution in [0, 0.1) is 5.92 Å². The minimum absolute atomic E-state index is 0.822. The van der Waals surface area contributed by atoms with Crippen molar-refractivity contribution in [2.75, 3.05) is 46.9 Å². The summed E-state index contributed by atoms with van der Waals surface area (Å²) in [6.07, 6.45) is 2.89. The van der Waals surface area contributed by atoms with E-state index in [-0.39, 0.29) is 0 Å². The van der Waals surface area contributed by atoms with E-state index in [2.05, 4.69) is 15.9 Å². The Bertz CT molecular complexity index is 466. The first-order valence-electron chi connectivity index (χ1n) is 7.94. The number of rotatable bonds is 6. The Kier molecular flexibility index (Phi) is 4.66. The second-order valence-corrected chi connectivity index (χ2v) is 6.17. The Morgan fingerprint density at radius 3 is 2.33 bits per heavy atom. The highest BCUT2D eigenvalue weighted by atomic mass is 16.5. The Hall–Kier alpha value is -1.26. The molecule has 0 N–H and O–H groups in total. The van der Waals surface area contributed by atoms with Crippen molar-refractivity contribution in [1.29, 1.82) is 0 Å². The average Bonchev–Trinajstić information content (AvgIpc) is 3.33. The van der Waals surface area contributed by atoms with Gasteiger partial charge >= 0.3 is 0 Å². The molecule has 1 aromatic carbocycles. The van der Waals surface area contributed by atoms with Crippen LogP contribution in [0.5, 0.6) is 11.5 Å². The molecule has 1 heterocycles. The molecule has 1 aromatic rings. The molecule has 2 fully saturated rings. The van der Waals surface area contributed by atoms with Crippen LogP contribution in [-0.4, -0.2) is 56.7 Å². The van der Waals surface area contributed by atoms with Gasteiger partial charge in [0, 0.05) is 44.8 Å². The highest BCUT2D eigenvalue weighted by Crippen LogP contribution is 2.32. The molecule has 21 heavy (non-hydrogen) atoms. The molecule has 0 amide bonds. The highest BCUT2D eigenvalue weighted by molar-refractivity contribution is 5.46. The van der Waals surface area contributed by atoms with Gasteiger partial charge in [0.2, 0.25) is 0 Å². The van der Waals surface area contributed by atoms with Crippen LogP contribution in [0.15, 0.2) is 18.2 Å². The van der Waals surface area contributed by atoms with Gasteiger partial charge in [-0.25, -0.2) is 0 Å². The number of piperazine rings is 1. The van der Waals surface area contributed by atoms with Gasteiger partial charge < -0.3 is 14.4 Å². The number of para-hydroxylation sites is 1. The summed E-state index contributed by atoms with van der Waals surface area (Å²) in [5.41, 5.74) is 1.22. The van der Waals surface area contributed by atoms with Crippen molar-refractivity contribution >= 4 is 0 Å². The fourth-order valence-electron chi connectivity index (χ4n) is 3.11. The third-order valence-electron chi connectivity index (χ3n) is 4.56. The second kappa shape index (κ2) is 6.67. The lowest BCUT2D eigenvalue weighted by Gasteiger charge is -2.35. The molecule has 1 aliphatic carbocycles. The van der Waals surface area contributed by atoms with Crippen molar-refractivity contribution in [3.8, 4) is 11.5 Å².